The van der Waals surface area contributed by atoms with Gasteiger partial charge >= 0.3 is 6.61 Å². The predicted octanol–water partition coefficient (Wildman–Crippen LogP) is 3.22. The molecule has 5 nitrogen and oxygen atoms in total. The number of hydrogen-bond acceptors (Lipinski definition) is 4. The number of nitrogens with zero attached hydrogens (tertiary/aromatic N) is 1. The Hall–Kier alpha value is -2.35. The normalized spacial score (nSPS) is 11.5. The van der Waals surface area contributed by atoms with Gasteiger partial charge in [-0.25, -0.2) is 0 Å². The highest BCUT2D eigenvalue weighted by molar-refractivity contribution is 7.07. The zero-order valence-electron chi connectivity index (χ0n) is 13.4. The van der Waals surface area contributed by atoms with E-state index in [9.17, 15) is 8.78 Å². The fourth-order valence-corrected chi connectivity index (χ4v) is 2.66. The van der Waals surface area contributed by atoms with Gasteiger partial charge in [-0.2, -0.15) is 20.1 Å². The van der Waals surface area contributed by atoms with Crippen molar-refractivity contribution in [1.82, 2.24) is 10.6 Å². The summed E-state index contributed by atoms with van der Waals surface area (Å²) >= 11 is 1.62. The SMILES string of the molecule is CN=C(NCc1ccsc1)NCc1ccc(OC)cc1OC(F)F. The van der Waals surface area contributed by atoms with Crippen LogP contribution in [0.1, 0.15) is 11.1 Å². The van der Waals surface area contributed by atoms with Crippen LogP contribution in [0.15, 0.2) is 40.0 Å². The minimum atomic E-state index is -2.90. The van der Waals surface area contributed by atoms with Crippen molar-refractivity contribution in [1.29, 1.82) is 0 Å². The van der Waals surface area contributed by atoms with Gasteiger partial charge < -0.3 is 20.1 Å². The van der Waals surface area contributed by atoms with Crippen molar-refractivity contribution in [2.24, 2.45) is 4.99 Å². The van der Waals surface area contributed by atoms with Crippen molar-refractivity contribution in [2.75, 3.05) is 14.2 Å². The molecule has 0 aliphatic rings. The van der Waals surface area contributed by atoms with E-state index in [1.54, 1.807) is 30.5 Å². The van der Waals surface area contributed by atoms with Crippen LogP contribution in [0, 0.1) is 0 Å². The zero-order chi connectivity index (χ0) is 17.4. The molecule has 1 aromatic carbocycles. The number of benzene rings is 1. The molecule has 2 rings (SSSR count). The summed E-state index contributed by atoms with van der Waals surface area (Å²) in [4.78, 5) is 4.11. The molecular formula is C16H19F2N3O2S. The van der Waals surface area contributed by atoms with Crippen molar-refractivity contribution in [2.45, 2.75) is 19.7 Å². The fourth-order valence-electron chi connectivity index (χ4n) is 1.99. The summed E-state index contributed by atoms with van der Waals surface area (Å²) in [5.41, 5.74) is 1.73. The maximum atomic E-state index is 12.6. The first kappa shape index (κ1) is 18.0. The second kappa shape index (κ2) is 9.07. The summed E-state index contributed by atoms with van der Waals surface area (Å²) in [7, 11) is 3.11. The third kappa shape index (κ3) is 5.38. The van der Waals surface area contributed by atoms with Gasteiger partial charge in [-0.3, -0.25) is 4.99 Å². The number of hydrogen-bond donors (Lipinski definition) is 2. The van der Waals surface area contributed by atoms with Crippen LogP contribution < -0.4 is 20.1 Å². The predicted molar refractivity (Wildman–Crippen MR) is 91.0 cm³/mol. The van der Waals surface area contributed by atoms with E-state index in [-0.39, 0.29) is 12.3 Å². The summed E-state index contributed by atoms with van der Waals surface area (Å²) in [6.45, 7) is -1.98. The highest BCUT2D eigenvalue weighted by atomic mass is 32.1. The highest BCUT2D eigenvalue weighted by Crippen LogP contribution is 2.26. The number of methoxy groups -OCH3 is 1. The summed E-state index contributed by atoms with van der Waals surface area (Å²) in [5.74, 6) is 1.10. The van der Waals surface area contributed by atoms with Crippen LogP contribution in [0.5, 0.6) is 11.5 Å². The molecule has 0 bridgehead atoms. The summed E-state index contributed by atoms with van der Waals surface area (Å²) in [6, 6.07) is 6.82. The van der Waals surface area contributed by atoms with Crippen LogP contribution >= 0.6 is 11.3 Å². The lowest BCUT2D eigenvalue weighted by molar-refractivity contribution is -0.0505. The van der Waals surface area contributed by atoms with E-state index in [0.717, 1.165) is 5.56 Å². The van der Waals surface area contributed by atoms with E-state index in [1.165, 1.54) is 13.2 Å². The average Bonchev–Trinajstić information content (AvgIpc) is 3.09. The minimum absolute atomic E-state index is 0.0742. The Morgan fingerprint density at radius 1 is 1.25 bits per heavy atom. The van der Waals surface area contributed by atoms with Gasteiger partial charge in [0.2, 0.25) is 0 Å². The molecule has 24 heavy (non-hydrogen) atoms. The molecule has 0 spiro atoms. The number of nitrogens with one attached hydrogen (secondary N) is 2. The molecule has 0 amide bonds. The minimum Gasteiger partial charge on any atom is -0.497 e. The maximum absolute atomic E-state index is 12.6. The van der Waals surface area contributed by atoms with Crippen LogP contribution in [0.3, 0.4) is 0 Å². The largest absolute Gasteiger partial charge is 0.497 e. The summed E-state index contributed by atoms with van der Waals surface area (Å²) in [6.07, 6.45) is 0. The smallest absolute Gasteiger partial charge is 0.387 e. The first-order valence-electron chi connectivity index (χ1n) is 7.19. The quantitative estimate of drug-likeness (QED) is 0.591. The molecule has 0 saturated heterocycles. The standard InChI is InChI=1S/C16H19F2N3O2S/c1-19-16(20-8-11-5-6-24-10-11)21-9-12-3-4-13(22-2)7-14(12)23-15(17)18/h3-7,10,15H,8-9H2,1-2H3,(H2,19,20,21). The molecule has 0 atom stereocenters. The number of alkyl halides is 2. The van der Waals surface area contributed by atoms with Gasteiger partial charge in [0.15, 0.2) is 5.96 Å². The summed E-state index contributed by atoms with van der Waals surface area (Å²) in [5, 5.41) is 10.3. The van der Waals surface area contributed by atoms with E-state index in [2.05, 4.69) is 20.4 Å². The average molecular weight is 355 g/mol. The second-order valence-corrected chi connectivity index (χ2v) is 5.54. The molecule has 8 heteroatoms. The van der Waals surface area contributed by atoms with E-state index in [0.29, 0.717) is 23.8 Å². The Labute approximate surface area is 143 Å². The Morgan fingerprint density at radius 2 is 2.04 bits per heavy atom. The van der Waals surface area contributed by atoms with Gasteiger partial charge in [0, 0.05) is 31.8 Å². The van der Waals surface area contributed by atoms with Gasteiger partial charge in [-0.1, -0.05) is 0 Å². The summed E-state index contributed by atoms with van der Waals surface area (Å²) < 4.78 is 34.7. The lowest BCUT2D eigenvalue weighted by Gasteiger charge is -2.15. The Bertz CT molecular complexity index is 663. The number of rotatable bonds is 7. The molecule has 0 aliphatic heterocycles. The molecule has 0 saturated carbocycles. The first-order valence-corrected chi connectivity index (χ1v) is 8.14. The number of guanidine groups is 1. The van der Waals surface area contributed by atoms with Crippen LogP contribution in [-0.2, 0) is 13.1 Å². The molecule has 0 unspecified atom stereocenters. The lowest BCUT2D eigenvalue weighted by Crippen LogP contribution is -2.36. The van der Waals surface area contributed by atoms with Crippen LogP contribution in [0.4, 0.5) is 8.78 Å². The number of halogens is 2. The van der Waals surface area contributed by atoms with Gasteiger partial charge in [-0.05, 0) is 34.5 Å². The Kier molecular flexibility index (Phi) is 6.80. The number of thiophene rings is 1. The van der Waals surface area contributed by atoms with Gasteiger partial charge in [-0.15, -0.1) is 0 Å². The van der Waals surface area contributed by atoms with Crippen LogP contribution in [-0.4, -0.2) is 26.7 Å². The topological polar surface area (TPSA) is 54.9 Å². The molecule has 1 aromatic heterocycles. The van der Waals surface area contributed by atoms with Crippen LogP contribution in [0.25, 0.3) is 0 Å². The second-order valence-electron chi connectivity index (χ2n) is 4.76. The third-order valence-corrected chi connectivity index (χ3v) is 3.93. The third-order valence-electron chi connectivity index (χ3n) is 3.20. The Balaban J connectivity index is 1.98. The monoisotopic (exact) mass is 355 g/mol. The molecule has 130 valence electrons. The number of ether oxygens (including phenoxy) is 2. The molecule has 0 fully saturated rings. The Morgan fingerprint density at radius 3 is 2.67 bits per heavy atom. The lowest BCUT2D eigenvalue weighted by atomic mass is 10.2. The number of aliphatic imine (C=N–C) groups is 1. The fraction of sp³-hybridized carbons (Fsp3) is 0.312. The van der Waals surface area contributed by atoms with Crippen molar-refractivity contribution in [3.63, 3.8) is 0 Å². The van der Waals surface area contributed by atoms with Crippen molar-refractivity contribution < 1.29 is 18.3 Å². The first-order chi connectivity index (χ1) is 11.6. The molecule has 0 radical (unpaired) electrons. The van der Waals surface area contributed by atoms with Crippen LogP contribution in [0.2, 0.25) is 0 Å². The van der Waals surface area contributed by atoms with E-state index < -0.39 is 6.61 Å². The van der Waals surface area contributed by atoms with Gasteiger partial charge in [0.1, 0.15) is 11.5 Å². The zero-order valence-corrected chi connectivity index (χ0v) is 14.2. The highest BCUT2D eigenvalue weighted by Gasteiger charge is 2.11. The molecular weight excluding hydrogens is 336 g/mol. The molecule has 0 aliphatic carbocycles. The van der Waals surface area contributed by atoms with Crippen molar-refractivity contribution >= 4 is 17.3 Å². The van der Waals surface area contributed by atoms with Crippen molar-refractivity contribution in [3.05, 3.63) is 46.2 Å². The van der Waals surface area contributed by atoms with Gasteiger partial charge in [0.25, 0.3) is 0 Å². The molecule has 2 aromatic rings. The van der Waals surface area contributed by atoms with E-state index >= 15 is 0 Å². The van der Waals surface area contributed by atoms with E-state index in [1.807, 2.05) is 16.8 Å². The van der Waals surface area contributed by atoms with Crippen molar-refractivity contribution in [3.8, 4) is 11.5 Å². The molecule has 1 heterocycles. The maximum Gasteiger partial charge on any atom is 0.387 e. The molecule has 2 N–H and O–H groups in total. The van der Waals surface area contributed by atoms with Gasteiger partial charge in [0.05, 0.1) is 7.11 Å². The van der Waals surface area contributed by atoms with E-state index in [4.69, 9.17) is 4.74 Å².